The molecule has 0 bridgehead atoms. The Bertz CT molecular complexity index is 860. The van der Waals surface area contributed by atoms with Gasteiger partial charge in [-0.3, -0.25) is 4.79 Å². The molecule has 0 radical (unpaired) electrons. The molecular formula is C23H29Cl2NO2. The van der Waals surface area contributed by atoms with E-state index in [2.05, 4.69) is 52.9 Å². The van der Waals surface area contributed by atoms with Gasteiger partial charge >= 0.3 is 0 Å². The highest BCUT2D eigenvalue weighted by Gasteiger charge is 2.29. The number of phenolic OH excluding ortho intramolecular Hbond substituents is 1. The molecule has 0 unspecified atom stereocenters. The summed E-state index contributed by atoms with van der Waals surface area (Å²) < 4.78 is 0. The number of halogens is 2. The van der Waals surface area contributed by atoms with Crippen molar-refractivity contribution in [3.8, 4) is 16.9 Å². The molecule has 3 nitrogen and oxygen atoms in total. The zero-order chi connectivity index (χ0) is 21.3. The summed E-state index contributed by atoms with van der Waals surface area (Å²) in [6, 6.07) is 9.60. The van der Waals surface area contributed by atoms with E-state index in [1.165, 1.54) is 0 Å². The molecule has 28 heavy (non-hydrogen) atoms. The number of hydrogen-bond donors (Lipinski definition) is 2. The van der Waals surface area contributed by atoms with Crippen LogP contribution >= 0.6 is 23.2 Å². The SMILES string of the molecule is CC(C)(C)c1cc(C(C)(C)C)c(-c2ccc(Cl)cc2)c(O)c1CNC(=O)CCl. The van der Waals surface area contributed by atoms with Crippen LogP contribution in [0.5, 0.6) is 5.75 Å². The number of amides is 1. The minimum absolute atomic E-state index is 0.115. The van der Waals surface area contributed by atoms with E-state index in [1.54, 1.807) is 0 Å². The van der Waals surface area contributed by atoms with Crippen LogP contribution < -0.4 is 5.32 Å². The van der Waals surface area contributed by atoms with Crippen LogP contribution in [-0.2, 0) is 22.2 Å². The van der Waals surface area contributed by atoms with Crippen molar-refractivity contribution in [2.24, 2.45) is 0 Å². The first kappa shape index (κ1) is 22.6. The number of nitrogens with one attached hydrogen (secondary N) is 1. The van der Waals surface area contributed by atoms with Crippen molar-refractivity contribution in [1.29, 1.82) is 0 Å². The average Bonchev–Trinajstić information content (AvgIpc) is 2.58. The van der Waals surface area contributed by atoms with Crippen LogP contribution in [0.4, 0.5) is 0 Å². The molecule has 0 aliphatic heterocycles. The van der Waals surface area contributed by atoms with Crippen molar-refractivity contribution in [1.82, 2.24) is 5.32 Å². The Morgan fingerprint density at radius 1 is 1.00 bits per heavy atom. The molecule has 152 valence electrons. The molecule has 0 saturated heterocycles. The Labute approximate surface area is 178 Å². The summed E-state index contributed by atoms with van der Waals surface area (Å²) in [7, 11) is 0. The van der Waals surface area contributed by atoms with E-state index in [4.69, 9.17) is 23.2 Å². The number of phenols is 1. The van der Waals surface area contributed by atoms with Gasteiger partial charge in [-0.1, -0.05) is 71.3 Å². The topological polar surface area (TPSA) is 49.3 Å². The Morgan fingerprint density at radius 2 is 1.54 bits per heavy atom. The van der Waals surface area contributed by atoms with Crippen molar-refractivity contribution in [3.05, 3.63) is 52.0 Å². The maximum Gasteiger partial charge on any atom is 0.235 e. The van der Waals surface area contributed by atoms with Crippen molar-refractivity contribution >= 4 is 29.1 Å². The monoisotopic (exact) mass is 421 g/mol. The van der Waals surface area contributed by atoms with Crippen LogP contribution in [0.3, 0.4) is 0 Å². The van der Waals surface area contributed by atoms with Crippen molar-refractivity contribution in [2.75, 3.05) is 5.88 Å². The predicted octanol–water partition coefficient (Wildman–Crippen LogP) is 6.16. The lowest BCUT2D eigenvalue weighted by Crippen LogP contribution is -2.27. The van der Waals surface area contributed by atoms with E-state index in [-0.39, 0.29) is 34.9 Å². The summed E-state index contributed by atoms with van der Waals surface area (Å²) in [5.41, 5.74) is 4.02. The van der Waals surface area contributed by atoms with E-state index in [9.17, 15) is 9.90 Å². The standard InChI is InChI=1S/C23H29Cl2NO2/c1-22(2,3)17-11-18(23(4,5)6)20(14-7-9-15(25)10-8-14)21(28)16(17)13-26-19(27)12-24/h7-11,28H,12-13H2,1-6H3,(H,26,27). The molecule has 2 aromatic rings. The second-order valence-electron chi connectivity index (χ2n) is 9.09. The van der Waals surface area contributed by atoms with E-state index >= 15 is 0 Å². The van der Waals surface area contributed by atoms with E-state index in [1.807, 2.05) is 24.3 Å². The molecule has 2 aromatic carbocycles. The number of carbonyl (C=O) groups is 1. The molecule has 2 N–H and O–H groups in total. The number of alkyl halides is 1. The van der Waals surface area contributed by atoms with Crippen molar-refractivity contribution in [3.63, 3.8) is 0 Å². The molecule has 0 saturated carbocycles. The zero-order valence-corrected chi connectivity index (χ0v) is 18.9. The fourth-order valence-corrected chi connectivity index (χ4v) is 3.51. The number of aromatic hydroxyl groups is 1. The molecule has 0 fully saturated rings. The lowest BCUT2D eigenvalue weighted by Gasteiger charge is -2.31. The van der Waals surface area contributed by atoms with Crippen LogP contribution in [-0.4, -0.2) is 16.9 Å². The maximum atomic E-state index is 11.7. The fraction of sp³-hybridized carbons (Fsp3) is 0.435. The third-order valence-electron chi connectivity index (χ3n) is 4.74. The summed E-state index contributed by atoms with van der Waals surface area (Å²) >= 11 is 11.7. The van der Waals surface area contributed by atoms with E-state index in [0.717, 1.165) is 22.3 Å². The van der Waals surface area contributed by atoms with Gasteiger partial charge in [-0.25, -0.2) is 0 Å². The molecule has 0 aliphatic carbocycles. The van der Waals surface area contributed by atoms with E-state index in [0.29, 0.717) is 10.6 Å². The highest BCUT2D eigenvalue weighted by atomic mass is 35.5. The van der Waals surface area contributed by atoms with Crippen LogP contribution in [0.25, 0.3) is 11.1 Å². The Morgan fingerprint density at radius 3 is 2.00 bits per heavy atom. The predicted molar refractivity (Wildman–Crippen MR) is 119 cm³/mol. The summed E-state index contributed by atoms with van der Waals surface area (Å²) in [5.74, 6) is -0.196. The molecule has 0 spiro atoms. The lowest BCUT2D eigenvalue weighted by molar-refractivity contribution is -0.118. The number of benzene rings is 2. The van der Waals surface area contributed by atoms with Crippen LogP contribution in [0.1, 0.15) is 58.2 Å². The van der Waals surface area contributed by atoms with Crippen molar-refractivity contribution in [2.45, 2.75) is 58.9 Å². The highest BCUT2D eigenvalue weighted by Crippen LogP contribution is 2.45. The molecule has 1 amide bonds. The van der Waals surface area contributed by atoms with Gasteiger partial charge in [0.2, 0.25) is 5.91 Å². The number of carbonyl (C=O) groups excluding carboxylic acids is 1. The fourth-order valence-electron chi connectivity index (χ4n) is 3.29. The molecular weight excluding hydrogens is 393 g/mol. The van der Waals surface area contributed by atoms with Crippen LogP contribution in [0.2, 0.25) is 5.02 Å². The Balaban J connectivity index is 2.81. The summed E-state index contributed by atoms with van der Waals surface area (Å²) in [5, 5.41) is 14.8. The Kier molecular flexibility index (Phi) is 6.73. The number of hydrogen-bond acceptors (Lipinski definition) is 2. The van der Waals surface area contributed by atoms with Gasteiger partial charge in [-0.15, -0.1) is 11.6 Å². The Hall–Kier alpha value is -1.71. The molecule has 0 heterocycles. The number of rotatable bonds is 4. The second kappa shape index (κ2) is 8.34. The normalized spacial score (nSPS) is 12.1. The average molecular weight is 422 g/mol. The van der Waals surface area contributed by atoms with Crippen LogP contribution in [0, 0.1) is 0 Å². The van der Waals surface area contributed by atoms with Gasteiger partial charge in [0.1, 0.15) is 11.6 Å². The van der Waals surface area contributed by atoms with Gasteiger partial charge in [0.05, 0.1) is 0 Å². The highest BCUT2D eigenvalue weighted by molar-refractivity contribution is 6.30. The first-order chi connectivity index (χ1) is 12.9. The van der Waals surface area contributed by atoms with E-state index < -0.39 is 0 Å². The summed E-state index contributed by atoms with van der Waals surface area (Å²) in [6.45, 7) is 12.9. The van der Waals surface area contributed by atoms with Gasteiger partial charge in [0, 0.05) is 22.7 Å². The minimum atomic E-state index is -0.270. The zero-order valence-electron chi connectivity index (χ0n) is 17.4. The molecule has 2 rings (SSSR count). The van der Waals surface area contributed by atoms with Gasteiger partial charge < -0.3 is 10.4 Å². The van der Waals surface area contributed by atoms with Crippen LogP contribution in [0.15, 0.2) is 30.3 Å². The van der Waals surface area contributed by atoms with Crippen molar-refractivity contribution < 1.29 is 9.90 Å². The molecule has 0 aromatic heterocycles. The van der Waals surface area contributed by atoms with Gasteiger partial charge in [0.25, 0.3) is 0 Å². The molecule has 0 aliphatic rings. The third-order valence-corrected chi connectivity index (χ3v) is 5.23. The van der Waals surface area contributed by atoms with Gasteiger partial charge in [-0.2, -0.15) is 0 Å². The third kappa shape index (κ3) is 5.01. The second-order valence-corrected chi connectivity index (χ2v) is 9.79. The summed E-state index contributed by atoms with van der Waals surface area (Å²) in [4.78, 5) is 11.7. The first-order valence-corrected chi connectivity index (χ1v) is 10.3. The summed E-state index contributed by atoms with van der Waals surface area (Å²) in [6.07, 6.45) is 0. The maximum absolute atomic E-state index is 11.7. The smallest absolute Gasteiger partial charge is 0.235 e. The lowest BCUT2D eigenvalue weighted by atomic mass is 9.74. The minimum Gasteiger partial charge on any atom is -0.507 e. The van der Waals surface area contributed by atoms with Gasteiger partial charge in [-0.05, 0) is 39.7 Å². The largest absolute Gasteiger partial charge is 0.507 e. The van der Waals surface area contributed by atoms with Gasteiger partial charge in [0.15, 0.2) is 0 Å². The quantitative estimate of drug-likeness (QED) is 0.580. The molecule has 5 heteroatoms. The first-order valence-electron chi connectivity index (χ1n) is 9.34. The molecule has 0 atom stereocenters.